The summed E-state index contributed by atoms with van der Waals surface area (Å²) >= 11 is 1.64. The molecule has 0 fully saturated rings. The number of likely N-dealkylation sites (N-methyl/N-ethyl adjacent to an activating group) is 1. The molecule has 0 saturated carbocycles. The van der Waals surface area contributed by atoms with Gasteiger partial charge in [0.15, 0.2) is 0 Å². The van der Waals surface area contributed by atoms with Crippen LogP contribution in [0.25, 0.3) is 0 Å². The van der Waals surface area contributed by atoms with E-state index in [1.807, 2.05) is 17.5 Å². The molecule has 0 atom stereocenters. The fourth-order valence-electron chi connectivity index (χ4n) is 2.05. The van der Waals surface area contributed by atoms with Crippen molar-refractivity contribution < 1.29 is 13.2 Å². The molecule has 4 nitrogen and oxygen atoms in total. The summed E-state index contributed by atoms with van der Waals surface area (Å²) in [6.45, 7) is 2.25. The van der Waals surface area contributed by atoms with Crippen molar-refractivity contribution in [3.8, 4) is 5.75 Å². The first-order valence-electron chi connectivity index (χ1n) is 6.58. The summed E-state index contributed by atoms with van der Waals surface area (Å²) in [4.78, 5) is 1.51. The third-order valence-electron chi connectivity index (χ3n) is 3.32. The van der Waals surface area contributed by atoms with Gasteiger partial charge in [0.1, 0.15) is 5.75 Å². The molecule has 0 amide bonds. The van der Waals surface area contributed by atoms with Crippen LogP contribution in [-0.4, -0.2) is 33.4 Å². The molecule has 6 heteroatoms. The van der Waals surface area contributed by atoms with Gasteiger partial charge in [0.05, 0.1) is 12.0 Å². The van der Waals surface area contributed by atoms with Gasteiger partial charge in [-0.1, -0.05) is 6.07 Å². The van der Waals surface area contributed by atoms with E-state index in [-0.39, 0.29) is 0 Å². The van der Waals surface area contributed by atoms with Crippen LogP contribution < -0.4 is 4.74 Å². The average Bonchev–Trinajstić information content (AvgIpc) is 2.97. The SMILES string of the molecule is COc1ccc(S(=O)(=O)N(C)CCc2cccs2)c(C)c1. The Kier molecular flexibility index (Phi) is 5.03. The monoisotopic (exact) mass is 325 g/mol. The Morgan fingerprint density at radius 2 is 2.05 bits per heavy atom. The summed E-state index contributed by atoms with van der Waals surface area (Å²) < 4.78 is 31.7. The number of nitrogens with zero attached hydrogens (tertiary/aromatic N) is 1. The molecule has 0 aliphatic carbocycles. The third-order valence-corrected chi connectivity index (χ3v) is 6.28. The van der Waals surface area contributed by atoms with E-state index in [0.29, 0.717) is 22.8 Å². The van der Waals surface area contributed by atoms with E-state index in [1.54, 1.807) is 50.6 Å². The summed E-state index contributed by atoms with van der Waals surface area (Å²) in [5.74, 6) is 0.660. The third kappa shape index (κ3) is 3.64. The minimum absolute atomic E-state index is 0.331. The molecule has 0 radical (unpaired) electrons. The highest BCUT2D eigenvalue weighted by Crippen LogP contribution is 2.23. The first-order valence-corrected chi connectivity index (χ1v) is 8.90. The normalized spacial score (nSPS) is 11.8. The fraction of sp³-hybridized carbons (Fsp3) is 0.333. The van der Waals surface area contributed by atoms with Crippen molar-refractivity contribution >= 4 is 21.4 Å². The van der Waals surface area contributed by atoms with Crippen molar-refractivity contribution in [1.82, 2.24) is 4.31 Å². The molecule has 0 aliphatic rings. The number of rotatable bonds is 6. The topological polar surface area (TPSA) is 46.6 Å². The van der Waals surface area contributed by atoms with E-state index >= 15 is 0 Å². The number of benzene rings is 1. The van der Waals surface area contributed by atoms with Gasteiger partial charge in [0.25, 0.3) is 0 Å². The van der Waals surface area contributed by atoms with Gasteiger partial charge in [-0.05, 0) is 48.6 Å². The number of sulfonamides is 1. The zero-order chi connectivity index (χ0) is 15.5. The van der Waals surface area contributed by atoms with Crippen LogP contribution in [0, 0.1) is 6.92 Å². The Balaban J connectivity index is 2.16. The van der Waals surface area contributed by atoms with Crippen LogP contribution in [0.15, 0.2) is 40.6 Å². The van der Waals surface area contributed by atoms with Crippen LogP contribution in [0.5, 0.6) is 5.75 Å². The molecule has 1 aromatic heterocycles. The van der Waals surface area contributed by atoms with Crippen LogP contribution >= 0.6 is 11.3 Å². The number of methoxy groups -OCH3 is 1. The molecule has 114 valence electrons. The van der Waals surface area contributed by atoms with Gasteiger partial charge < -0.3 is 4.74 Å². The highest BCUT2D eigenvalue weighted by molar-refractivity contribution is 7.89. The molecule has 0 unspecified atom stereocenters. The largest absolute Gasteiger partial charge is 0.497 e. The molecule has 2 aromatic rings. The second-order valence-electron chi connectivity index (χ2n) is 4.79. The second kappa shape index (κ2) is 6.60. The van der Waals surface area contributed by atoms with Crippen LogP contribution in [0.4, 0.5) is 0 Å². The van der Waals surface area contributed by atoms with Crippen molar-refractivity contribution in [3.05, 3.63) is 46.2 Å². The predicted molar refractivity (Wildman–Crippen MR) is 85.6 cm³/mol. The number of thiophene rings is 1. The number of ether oxygens (including phenoxy) is 1. The maximum atomic E-state index is 12.6. The quantitative estimate of drug-likeness (QED) is 0.820. The Labute approximate surface area is 130 Å². The molecule has 0 saturated heterocycles. The van der Waals surface area contributed by atoms with Crippen molar-refractivity contribution in [1.29, 1.82) is 0 Å². The first-order chi connectivity index (χ1) is 9.95. The van der Waals surface area contributed by atoms with Crippen molar-refractivity contribution in [3.63, 3.8) is 0 Å². The van der Waals surface area contributed by atoms with Crippen molar-refractivity contribution in [2.24, 2.45) is 0 Å². The zero-order valence-corrected chi connectivity index (χ0v) is 14.0. The summed E-state index contributed by atoms with van der Waals surface area (Å²) in [6.07, 6.45) is 0.725. The van der Waals surface area contributed by atoms with Crippen molar-refractivity contribution in [2.45, 2.75) is 18.2 Å². The van der Waals surface area contributed by atoms with E-state index in [1.165, 1.54) is 9.18 Å². The minimum Gasteiger partial charge on any atom is -0.497 e. The van der Waals surface area contributed by atoms with E-state index in [0.717, 1.165) is 6.42 Å². The molecule has 1 heterocycles. The molecular formula is C15H19NO3S2. The molecule has 0 spiro atoms. The van der Waals surface area contributed by atoms with Gasteiger partial charge in [-0.25, -0.2) is 12.7 Å². The summed E-state index contributed by atoms with van der Waals surface area (Å²) in [6, 6.07) is 9.00. The van der Waals surface area contributed by atoms with Gasteiger partial charge in [-0.3, -0.25) is 0 Å². The lowest BCUT2D eigenvalue weighted by atomic mass is 10.2. The first kappa shape index (κ1) is 16.0. The van der Waals surface area contributed by atoms with Crippen LogP contribution in [0.3, 0.4) is 0 Å². The summed E-state index contributed by atoms with van der Waals surface area (Å²) in [5.41, 5.74) is 0.692. The van der Waals surface area contributed by atoms with Gasteiger partial charge in [0, 0.05) is 18.5 Å². The number of aryl methyl sites for hydroxylation is 1. The Hall–Kier alpha value is -1.37. The lowest BCUT2D eigenvalue weighted by Crippen LogP contribution is -2.29. The maximum Gasteiger partial charge on any atom is 0.243 e. The minimum atomic E-state index is -3.47. The van der Waals surface area contributed by atoms with E-state index in [9.17, 15) is 8.42 Å². The molecule has 0 aliphatic heterocycles. The van der Waals surface area contributed by atoms with Gasteiger partial charge >= 0.3 is 0 Å². The highest BCUT2D eigenvalue weighted by Gasteiger charge is 2.22. The van der Waals surface area contributed by atoms with Crippen LogP contribution in [-0.2, 0) is 16.4 Å². The summed E-state index contributed by atoms with van der Waals surface area (Å²) in [5, 5.41) is 2.00. The Morgan fingerprint density at radius 3 is 2.62 bits per heavy atom. The van der Waals surface area contributed by atoms with Crippen molar-refractivity contribution in [2.75, 3.05) is 20.7 Å². The lowest BCUT2D eigenvalue weighted by Gasteiger charge is -2.18. The van der Waals surface area contributed by atoms with Crippen LogP contribution in [0.2, 0.25) is 0 Å². The number of hydrogen-bond acceptors (Lipinski definition) is 4. The van der Waals surface area contributed by atoms with Crippen LogP contribution in [0.1, 0.15) is 10.4 Å². The number of hydrogen-bond donors (Lipinski definition) is 0. The summed E-state index contributed by atoms with van der Waals surface area (Å²) in [7, 11) is -0.282. The molecule has 1 aromatic carbocycles. The average molecular weight is 325 g/mol. The Bertz CT molecular complexity index is 694. The molecular weight excluding hydrogens is 306 g/mol. The molecule has 2 rings (SSSR count). The zero-order valence-electron chi connectivity index (χ0n) is 12.4. The lowest BCUT2D eigenvalue weighted by molar-refractivity contribution is 0.414. The molecule has 21 heavy (non-hydrogen) atoms. The van der Waals surface area contributed by atoms with E-state index in [2.05, 4.69) is 0 Å². The maximum absolute atomic E-state index is 12.6. The second-order valence-corrected chi connectivity index (χ2v) is 7.83. The Morgan fingerprint density at radius 1 is 1.29 bits per heavy atom. The van der Waals surface area contributed by atoms with E-state index < -0.39 is 10.0 Å². The van der Waals surface area contributed by atoms with Gasteiger partial charge in [0.2, 0.25) is 10.0 Å². The molecule has 0 bridgehead atoms. The van der Waals surface area contributed by atoms with Gasteiger partial charge in [-0.2, -0.15) is 0 Å². The molecule has 0 N–H and O–H groups in total. The predicted octanol–water partition coefficient (Wildman–Crippen LogP) is 2.93. The van der Waals surface area contributed by atoms with E-state index in [4.69, 9.17) is 4.74 Å². The fourth-order valence-corrected chi connectivity index (χ4v) is 4.12. The standard InChI is InChI=1S/C15H19NO3S2/c1-12-11-13(19-3)6-7-15(12)21(17,18)16(2)9-8-14-5-4-10-20-14/h4-7,10-11H,8-9H2,1-3H3. The van der Waals surface area contributed by atoms with Gasteiger partial charge in [-0.15, -0.1) is 11.3 Å². The smallest absolute Gasteiger partial charge is 0.243 e. The highest BCUT2D eigenvalue weighted by atomic mass is 32.2.